The number of unbranched alkanes of at least 4 members (excludes halogenated alkanes) is 1. The third kappa shape index (κ3) is 4.98. The van der Waals surface area contributed by atoms with Gasteiger partial charge in [-0.2, -0.15) is 5.10 Å². The molecule has 0 aliphatic rings. The van der Waals surface area contributed by atoms with Gasteiger partial charge in [-0.1, -0.05) is 13.3 Å². The van der Waals surface area contributed by atoms with Crippen LogP contribution in [0, 0.1) is 5.82 Å². The molecule has 2 aromatic rings. The van der Waals surface area contributed by atoms with Crippen molar-refractivity contribution in [2.75, 3.05) is 11.4 Å². The van der Waals surface area contributed by atoms with Crippen LogP contribution in [0.5, 0.6) is 0 Å². The number of aromatic nitrogens is 2. The van der Waals surface area contributed by atoms with Gasteiger partial charge in [-0.25, -0.2) is 9.07 Å². The van der Waals surface area contributed by atoms with Gasteiger partial charge in [0.2, 0.25) is 5.91 Å². The topological polar surface area (TPSA) is 98.3 Å². The predicted octanol–water partition coefficient (Wildman–Crippen LogP) is 1.70. The fourth-order valence-electron chi connectivity index (χ4n) is 2.36. The van der Waals surface area contributed by atoms with Crippen LogP contribution in [0.3, 0.4) is 0 Å². The van der Waals surface area contributed by atoms with E-state index in [1.807, 2.05) is 6.92 Å². The van der Waals surface area contributed by atoms with Crippen molar-refractivity contribution in [1.82, 2.24) is 9.78 Å². The van der Waals surface area contributed by atoms with E-state index in [1.165, 1.54) is 46.0 Å². The zero-order valence-electron chi connectivity index (χ0n) is 14.5. The molecule has 0 radical (unpaired) electrons. The number of anilines is 1. The maximum Gasteiger partial charge on any atom is 0.278 e. The first-order valence-electron chi connectivity index (χ1n) is 8.36. The first-order chi connectivity index (χ1) is 12.4. The number of benzene rings is 1. The van der Waals surface area contributed by atoms with Gasteiger partial charge in [0.15, 0.2) is 0 Å². The van der Waals surface area contributed by atoms with Crippen LogP contribution in [-0.2, 0) is 11.3 Å². The summed E-state index contributed by atoms with van der Waals surface area (Å²) in [5.41, 5.74) is 5.36. The zero-order valence-corrected chi connectivity index (χ0v) is 14.5. The van der Waals surface area contributed by atoms with Gasteiger partial charge in [0.05, 0.1) is 0 Å². The van der Waals surface area contributed by atoms with Gasteiger partial charge in [-0.05, 0) is 36.8 Å². The van der Waals surface area contributed by atoms with Crippen molar-refractivity contribution < 1.29 is 14.0 Å². The van der Waals surface area contributed by atoms with Crippen LogP contribution in [0.2, 0.25) is 0 Å². The summed E-state index contributed by atoms with van der Waals surface area (Å²) in [6, 6.07) is 7.92. The zero-order chi connectivity index (χ0) is 19.1. The van der Waals surface area contributed by atoms with E-state index in [4.69, 9.17) is 5.73 Å². The second-order valence-corrected chi connectivity index (χ2v) is 5.78. The molecule has 7 nitrogen and oxygen atoms in total. The monoisotopic (exact) mass is 360 g/mol. The highest BCUT2D eigenvalue weighted by atomic mass is 19.1. The van der Waals surface area contributed by atoms with Gasteiger partial charge in [0.25, 0.3) is 11.5 Å². The molecule has 2 amide bonds. The second-order valence-electron chi connectivity index (χ2n) is 5.78. The number of hydrogen-bond donors (Lipinski definition) is 1. The molecule has 26 heavy (non-hydrogen) atoms. The maximum absolute atomic E-state index is 13.2. The Morgan fingerprint density at radius 2 is 1.88 bits per heavy atom. The number of nitrogens with two attached hydrogens (primary N) is 1. The summed E-state index contributed by atoms with van der Waals surface area (Å²) in [4.78, 5) is 37.2. The highest BCUT2D eigenvalue weighted by Crippen LogP contribution is 2.17. The Hall–Kier alpha value is -3.03. The van der Waals surface area contributed by atoms with Crippen LogP contribution in [0.25, 0.3) is 0 Å². The van der Waals surface area contributed by atoms with Crippen molar-refractivity contribution in [2.24, 2.45) is 5.73 Å². The minimum atomic E-state index is -0.564. The summed E-state index contributed by atoms with van der Waals surface area (Å²) < 4.78 is 14.4. The van der Waals surface area contributed by atoms with E-state index in [2.05, 4.69) is 5.10 Å². The largest absolute Gasteiger partial charge is 0.370 e. The molecule has 0 unspecified atom stereocenters. The maximum atomic E-state index is 13.2. The molecule has 0 saturated carbocycles. The summed E-state index contributed by atoms with van der Waals surface area (Å²) in [5.74, 6) is -1.50. The average molecular weight is 360 g/mol. The summed E-state index contributed by atoms with van der Waals surface area (Å²) in [5, 5.41) is 4.12. The molecule has 2 N–H and O–H groups in total. The summed E-state index contributed by atoms with van der Waals surface area (Å²) in [7, 11) is 0. The molecule has 0 fully saturated rings. The van der Waals surface area contributed by atoms with E-state index < -0.39 is 17.6 Å². The van der Waals surface area contributed by atoms with Crippen molar-refractivity contribution in [3.05, 3.63) is 58.3 Å². The number of rotatable bonds is 8. The fourth-order valence-corrected chi connectivity index (χ4v) is 2.36. The molecule has 0 saturated heterocycles. The number of primary amides is 1. The quantitative estimate of drug-likeness (QED) is 0.775. The Kier molecular flexibility index (Phi) is 6.60. The molecule has 0 aliphatic carbocycles. The molecule has 0 bridgehead atoms. The van der Waals surface area contributed by atoms with Crippen molar-refractivity contribution >= 4 is 17.5 Å². The molecule has 138 valence electrons. The molecular formula is C18H21FN4O3. The number of nitrogens with zero attached hydrogens (tertiary/aromatic N) is 3. The minimum Gasteiger partial charge on any atom is -0.370 e. The Balaban J connectivity index is 2.34. The van der Waals surface area contributed by atoms with E-state index in [-0.39, 0.29) is 24.2 Å². The van der Waals surface area contributed by atoms with E-state index in [0.29, 0.717) is 12.2 Å². The summed E-state index contributed by atoms with van der Waals surface area (Å²) in [6.07, 6.45) is 1.58. The summed E-state index contributed by atoms with van der Waals surface area (Å²) >= 11 is 0. The van der Waals surface area contributed by atoms with Crippen LogP contribution >= 0.6 is 0 Å². The first-order valence-corrected chi connectivity index (χ1v) is 8.36. The number of aryl methyl sites for hydroxylation is 1. The molecule has 1 aromatic carbocycles. The predicted molar refractivity (Wildman–Crippen MR) is 95.3 cm³/mol. The number of carbonyl (C=O) groups is 2. The minimum absolute atomic E-state index is 0.0234. The molecule has 1 heterocycles. The normalized spacial score (nSPS) is 10.5. The molecule has 8 heteroatoms. The Bertz CT molecular complexity index is 833. The van der Waals surface area contributed by atoms with E-state index in [0.717, 1.165) is 12.8 Å². The van der Waals surface area contributed by atoms with Crippen molar-refractivity contribution in [2.45, 2.75) is 32.7 Å². The lowest BCUT2D eigenvalue weighted by atomic mass is 10.2. The van der Waals surface area contributed by atoms with Crippen LogP contribution < -0.4 is 16.2 Å². The Morgan fingerprint density at radius 3 is 2.50 bits per heavy atom. The number of hydrogen-bond acceptors (Lipinski definition) is 4. The standard InChI is InChI=1S/C18H21FN4O3/c1-2-3-11-23-17(25)9-8-15(21-23)18(26)22(12-10-16(20)24)14-6-4-13(19)5-7-14/h4-9H,2-3,10-12H2,1H3,(H2,20,24). The van der Waals surface area contributed by atoms with Gasteiger partial charge < -0.3 is 10.6 Å². The highest BCUT2D eigenvalue weighted by molar-refractivity contribution is 6.04. The smallest absolute Gasteiger partial charge is 0.278 e. The Morgan fingerprint density at radius 1 is 1.19 bits per heavy atom. The second kappa shape index (κ2) is 8.89. The SMILES string of the molecule is CCCCn1nc(C(=O)N(CCC(N)=O)c2ccc(F)cc2)ccc1=O. The number of halogens is 1. The van der Waals surface area contributed by atoms with Gasteiger partial charge in [-0.3, -0.25) is 14.4 Å². The number of carbonyl (C=O) groups excluding carboxylic acids is 2. The molecular weight excluding hydrogens is 339 g/mol. The molecule has 0 atom stereocenters. The third-order valence-electron chi connectivity index (χ3n) is 3.77. The van der Waals surface area contributed by atoms with Crippen molar-refractivity contribution in [1.29, 1.82) is 0 Å². The lowest BCUT2D eigenvalue weighted by Crippen LogP contribution is -2.36. The first kappa shape index (κ1) is 19.3. The average Bonchev–Trinajstić information content (AvgIpc) is 2.62. The third-order valence-corrected chi connectivity index (χ3v) is 3.77. The van der Waals surface area contributed by atoms with Gasteiger partial charge in [0, 0.05) is 31.3 Å². The lowest BCUT2D eigenvalue weighted by Gasteiger charge is -2.22. The van der Waals surface area contributed by atoms with Crippen LogP contribution in [0.1, 0.15) is 36.7 Å². The molecule has 0 aliphatic heterocycles. The van der Waals surface area contributed by atoms with Crippen molar-refractivity contribution in [3.63, 3.8) is 0 Å². The number of amides is 2. The van der Waals surface area contributed by atoms with Gasteiger partial charge in [0.1, 0.15) is 11.5 Å². The van der Waals surface area contributed by atoms with Crippen LogP contribution in [0.4, 0.5) is 10.1 Å². The van der Waals surface area contributed by atoms with Crippen LogP contribution in [-0.4, -0.2) is 28.1 Å². The van der Waals surface area contributed by atoms with Crippen LogP contribution in [0.15, 0.2) is 41.2 Å². The summed E-state index contributed by atoms with van der Waals surface area (Å²) in [6.45, 7) is 2.42. The molecule has 1 aromatic heterocycles. The van der Waals surface area contributed by atoms with Gasteiger partial charge in [-0.15, -0.1) is 0 Å². The highest BCUT2D eigenvalue weighted by Gasteiger charge is 2.20. The lowest BCUT2D eigenvalue weighted by molar-refractivity contribution is -0.117. The van der Waals surface area contributed by atoms with E-state index in [1.54, 1.807) is 0 Å². The van der Waals surface area contributed by atoms with E-state index >= 15 is 0 Å². The fraction of sp³-hybridized carbons (Fsp3) is 0.333. The van der Waals surface area contributed by atoms with Gasteiger partial charge >= 0.3 is 0 Å². The molecule has 0 spiro atoms. The van der Waals surface area contributed by atoms with E-state index in [9.17, 15) is 18.8 Å². The van der Waals surface area contributed by atoms with Crippen molar-refractivity contribution in [3.8, 4) is 0 Å². The molecule has 2 rings (SSSR count). The Labute approximate surface area is 150 Å².